The second kappa shape index (κ2) is 12.2. The molecule has 1 aliphatic carbocycles. The number of nitrogens with zero attached hydrogens (tertiary/aromatic N) is 1. The molecule has 3 atom stereocenters. The molecule has 3 aromatic rings. The highest BCUT2D eigenvalue weighted by molar-refractivity contribution is 7.89. The zero-order valence-corrected chi connectivity index (χ0v) is 24.0. The van der Waals surface area contributed by atoms with Crippen molar-refractivity contribution >= 4 is 21.6 Å². The van der Waals surface area contributed by atoms with Gasteiger partial charge in [0, 0.05) is 12.2 Å². The second-order valence-corrected chi connectivity index (χ2v) is 12.6. The zero-order valence-electron chi connectivity index (χ0n) is 23.2. The number of sulfonamides is 1. The molecule has 3 aromatic carbocycles. The standard InChI is InChI=1S/C31H34F3N3O4S/c1-2-20-8-13-25(14-9-20)42(40,41)36-29-26-18-24(12-10-22(26)11-15-28(29)38)35-30(39)27-7-4-16-37(27)19-21-5-3-6-23(17-21)31(32,33)34/h3,5-6,8-10,12-14,17-18,27-29,36,38H,2,4,7,11,15-16,19H2,1H3,(H,35,39)/t27-,28-,29-/m1/s1. The van der Waals surface area contributed by atoms with E-state index in [-0.39, 0.29) is 17.3 Å². The lowest BCUT2D eigenvalue weighted by Crippen LogP contribution is -2.40. The first-order chi connectivity index (χ1) is 19.9. The van der Waals surface area contributed by atoms with Gasteiger partial charge in [0.1, 0.15) is 0 Å². The van der Waals surface area contributed by atoms with E-state index >= 15 is 0 Å². The average molecular weight is 602 g/mol. The number of halogens is 3. The maximum Gasteiger partial charge on any atom is 0.416 e. The summed E-state index contributed by atoms with van der Waals surface area (Å²) in [5.74, 6) is -0.288. The summed E-state index contributed by atoms with van der Waals surface area (Å²) >= 11 is 0. The fourth-order valence-electron chi connectivity index (χ4n) is 5.77. The summed E-state index contributed by atoms with van der Waals surface area (Å²) in [5.41, 5.74) is 2.68. The number of aliphatic hydroxyl groups is 1. The third-order valence-corrected chi connectivity index (χ3v) is 9.53. The number of fused-ring (bicyclic) bond motifs is 1. The molecule has 1 fully saturated rings. The number of likely N-dealkylation sites (tertiary alicyclic amines) is 1. The lowest BCUT2D eigenvalue weighted by atomic mass is 9.86. The van der Waals surface area contributed by atoms with Crippen molar-refractivity contribution in [3.63, 3.8) is 0 Å². The van der Waals surface area contributed by atoms with Crippen molar-refractivity contribution in [2.24, 2.45) is 0 Å². The van der Waals surface area contributed by atoms with Crippen LogP contribution in [0.3, 0.4) is 0 Å². The van der Waals surface area contributed by atoms with Gasteiger partial charge in [-0.3, -0.25) is 9.69 Å². The highest BCUT2D eigenvalue weighted by Gasteiger charge is 2.35. The molecule has 224 valence electrons. The predicted octanol–water partition coefficient (Wildman–Crippen LogP) is 5.20. The van der Waals surface area contributed by atoms with Crippen molar-refractivity contribution < 1.29 is 31.5 Å². The van der Waals surface area contributed by atoms with Gasteiger partial charge in [0.2, 0.25) is 15.9 Å². The van der Waals surface area contributed by atoms with E-state index in [0.29, 0.717) is 42.6 Å². The molecule has 1 aliphatic heterocycles. The van der Waals surface area contributed by atoms with Crippen molar-refractivity contribution in [3.8, 4) is 0 Å². The molecular weight excluding hydrogens is 567 g/mol. The number of aliphatic hydroxyl groups excluding tert-OH is 1. The molecule has 0 bridgehead atoms. The first-order valence-corrected chi connectivity index (χ1v) is 15.6. The van der Waals surface area contributed by atoms with Gasteiger partial charge in [-0.1, -0.05) is 43.3 Å². The minimum atomic E-state index is -4.44. The Kier molecular flexibility index (Phi) is 8.75. The molecule has 1 amide bonds. The third kappa shape index (κ3) is 6.70. The van der Waals surface area contributed by atoms with Gasteiger partial charge in [-0.05, 0) is 91.2 Å². The van der Waals surface area contributed by atoms with Crippen LogP contribution < -0.4 is 10.0 Å². The summed E-state index contributed by atoms with van der Waals surface area (Å²) in [5, 5.41) is 13.7. The van der Waals surface area contributed by atoms with Gasteiger partial charge >= 0.3 is 6.18 Å². The van der Waals surface area contributed by atoms with Crippen LogP contribution >= 0.6 is 0 Å². The maximum atomic E-state index is 13.3. The van der Waals surface area contributed by atoms with Crippen molar-refractivity contribution in [3.05, 3.63) is 94.5 Å². The normalized spacial score (nSPS) is 21.2. The van der Waals surface area contributed by atoms with Crippen LogP contribution in [0.1, 0.15) is 60.0 Å². The number of carbonyl (C=O) groups excluding carboxylic acids is 1. The van der Waals surface area contributed by atoms with Gasteiger partial charge in [0.15, 0.2) is 0 Å². The van der Waals surface area contributed by atoms with Crippen molar-refractivity contribution in [2.45, 2.75) is 74.8 Å². The fraction of sp³-hybridized carbons (Fsp3) is 0.387. The number of benzene rings is 3. The maximum absolute atomic E-state index is 13.3. The summed E-state index contributed by atoms with van der Waals surface area (Å²) in [6.45, 7) is 2.77. The fourth-order valence-corrected chi connectivity index (χ4v) is 7.02. The highest BCUT2D eigenvalue weighted by Crippen LogP contribution is 2.34. The first kappa shape index (κ1) is 30.2. The van der Waals surface area contributed by atoms with Crippen LogP contribution in [0.5, 0.6) is 0 Å². The Bertz CT molecular complexity index is 1540. The van der Waals surface area contributed by atoms with E-state index in [1.165, 1.54) is 6.07 Å². The number of carbonyl (C=O) groups is 1. The molecule has 5 rings (SSSR count). The number of anilines is 1. The van der Waals surface area contributed by atoms with Crippen molar-refractivity contribution in [1.82, 2.24) is 9.62 Å². The minimum absolute atomic E-state index is 0.102. The van der Waals surface area contributed by atoms with Crippen LogP contribution in [0.15, 0.2) is 71.6 Å². The molecule has 3 N–H and O–H groups in total. The average Bonchev–Trinajstić information content (AvgIpc) is 3.42. The Morgan fingerprint density at radius 1 is 1.02 bits per heavy atom. The molecule has 2 aliphatic rings. The monoisotopic (exact) mass is 601 g/mol. The molecule has 1 saturated heterocycles. The first-order valence-electron chi connectivity index (χ1n) is 14.1. The highest BCUT2D eigenvalue weighted by atomic mass is 32.2. The molecule has 1 heterocycles. The molecule has 7 nitrogen and oxygen atoms in total. The van der Waals surface area contributed by atoms with E-state index in [2.05, 4.69) is 10.0 Å². The summed E-state index contributed by atoms with van der Waals surface area (Å²) in [4.78, 5) is 15.3. The number of hydrogen-bond acceptors (Lipinski definition) is 5. The van der Waals surface area contributed by atoms with E-state index in [0.717, 1.165) is 36.1 Å². The number of hydrogen-bond donors (Lipinski definition) is 3. The lowest BCUT2D eigenvalue weighted by molar-refractivity contribution is -0.137. The Morgan fingerprint density at radius 3 is 2.50 bits per heavy atom. The number of nitrogens with one attached hydrogen (secondary N) is 2. The zero-order chi connectivity index (χ0) is 30.1. The van der Waals surface area contributed by atoms with E-state index in [4.69, 9.17) is 0 Å². The van der Waals surface area contributed by atoms with Crippen LogP contribution in [-0.4, -0.2) is 43.0 Å². The predicted molar refractivity (Wildman–Crippen MR) is 153 cm³/mol. The van der Waals surface area contributed by atoms with Gasteiger partial charge in [0.05, 0.1) is 28.6 Å². The van der Waals surface area contributed by atoms with E-state index < -0.39 is 40.0 Å². The Morgan fingerprint density at radius 2 is 1.79 bits per heavy atom. The van der Waals surface area contributed by atoms with Crippen LogP contribution in [-0.2, 0) is 40.4 Å². The smallest absolute Gasteiger partial charge is 0.391 e. The molecule has 11 heteroatoms. The summed E-state index contributed by atoms with van der Waals surface area (Å²) < 4.78 is 68.6. The summed E-state index contributed by atoms with van der Waals surface area (Å²) in [6, 6.07) is 15.6. The molecule has 0 aromatic heterocycles. The topological polar surface area (TPSA) is 98.7 Å². The number of aryl methyl sites for hydroxylation is 2. The van der Waals surface area contributed by atoms with Gasteiger partial charge in [-0.15, -0.1) is 0 Å². The summed E-state index contributed by atoms with van der Waals surface area (Å²) in [6.07, 6.45) is -2.38. The molecule has 0 spiro atoms. The molecule has 0 unspecified atom stereocenters. The molecular formula is C31H34F3N3O4S. The van der Waals surface area contributed by atoms with Crippen molar-refractivity contribution in [1.29, 1.82) is 0 Å². The lowest BCUT2D eigenvalue weighted by Gasteiger charge is -2.31. The van der Waals surface area contributed by atoms with Gasteiger partial charge in [-0.25, -0.2) is 13.1 Å². The third-order valence-electron chi connectivity index (χ3n) is 8.07. The largest absolute Gasteiger partial charge is 0.416 e. The van der Waals surface area contributed by atoms with Gasteiger partial charge < -0.3 is 10.4 Å². The number of alkyl halides is 3. The molecule has 42 heavy (non-hydrogen) atoms. The number of rotatable bonds is 8. The van der Waals surface area contributed by atoms with E-state index in [1.54, 1.807) is 42.5 Å². The van der Waals surface area contributed by atoms with Crippen LogP contribution in [0.2, 0.25) is 0 Å². The Labute approximate surface area is 243 Å². The van der Waals surface area contributed by atoms with Gasteiger partial charge in [-0.2, -0.15) is 13.2 Å². The van der Waals surface area contributed by atoms with Crippen molar-refractivity contribution in [2.75, 3.05) is 11.9 Å². The minimum Gasteiger partial charge on any atom is -0.391 e. The summed E-state index contributed by atoms with van der Waals surface area (Å²) in [7, 11) is -3.93. The van der Waals surface area contributed by atoms with E-state index in [9.17, 15) is 31.5 Å². The van der Waals surface area contributed by atoms with Crippen LogP contribution in [0.4, 0.5) is 18.9 Å². The second-order valence-electron chi connectivity index (χ2n) is 10.9. The number of amides is 1. The van der Waals surface area contributed by atoms with Crippen LogP contribution in [0.25, 0.3) is 0 Å². The Balaban J connectivity index is 1.31. The SMILES string of the molecule is CCc1ccc(S(=O)(=O)N[C@@H]2c3cc(NC(=O)[C@H]4CCCN4Cc4cccc(C(F)(F)F)c4)ccc3CC[C@H]2O)cc1. The van der Waals surface area contributed by atoms with Gasteiger partial charge in [0.25, 0.3) is 0 Å². The quantitative estimate of drug-likeness (QED) is 0.330. The van der Waals surface area contributed by atoms with Crippen LogP contribution in [0, 0.1) is 0 Å². The van der Waals surface area contributed by atoms with E-state index in [1.807, 2.05) is 17.9 Å². The molecule has 0 saturated carbocycles. The molecule has 0 radical (unpaired) electrons. The Hall–Kier alpha value is -3.25.